The number of ether oxygens (including phenoxy) is 1. The average Bonchev–Trinajstić information content (AvgIpc) is 2.71. The lowest BCUT2D eigenvalue weighted by molar-refractivity contribution is 0.254. The zero-order valence-corrected chi connectivity index (χ0v) is 10.9. The molecule has 0 amide bonds. The highest BCUT2D eigenvalue weighted by Crippen LogP contribution is 2.34. The van der Waals surface area contributed by atoms with Crippen LogP contribution in [0.15, 0.2) is 36.4 Å². The zero-order valence-electron chi connectivity index (χ0n) is 10.1. The first-order valence-electron chi connectivity index (χ1n) is 5.98. The van der Waals surface area contributed by atoms with Crippen molar-refractivity contribution < 1.29 is 4.74 Å². The van der Waals surface area contributed by atoms with Crippen molar-refractivity contribution in [3.8, 4) is 16.9 Å². The third-order valence-corrected chi connectivity index (χ3v) is 3.57. The normalized spacial score (nSPS) is 17.3. The minimum atomic E-state index is 0.269. The van der Waals surface area contributed by atoms with Crippen LogP contribution >= 0.6 is 11.6 Å². The molecule has 3 heteroatoms. The van der Waals surface area contributed by atoms with E-state index >= 15 is 0 Å². The first-order chi connectivity index (χ1) is 8.63. The Hall–Kier alpha value is -1.67. The quantitative estimate of drug-likeness (QED) is 0.788. The predicted octanol–water partition coefficient (Wildman–Crippen LogP) is 3.91. The Balaban J connectivity index is 2.03. The molecule has 2 aromatic rings. The van der Waals surface area contributed by atoms with E-state index in [0.717, 1.165) is 23.3 Å². The average molecular weight is 260 g/mol. The van der Waals surface area contributed by atoms with E-state index in [1.165, 1.54) is 5.56 Å². The van der Waals surface area contributed by atoms with Gasteiger partial charge in [-0.25, -0.2) is 0 Å². The maximum atomic E-state index is 5.94. The van der Waals surface area contributed by atoms with Crippen LogP contribution in [0.5, 0.6) is 5.75 Å². The second-order valence-electron chi connectivity index (χ2n) is 4.69. The van der Waals surface area contributed by atoms with Crippen LogP contribution < -0.4 is 10.5 Å². The highest BCUT2D eigenvalue weighted by atomic mass is 35.5. The summed E-state index contributed by atoms with van der Waals surface area (Å²) in [7, 11) is 0. The minimum Gasteiger partial charge on any atom is -0.490 e. The molecule has 2 aromatic carbocycles. The van der Waals surface area contributed by atoms with E-state index in [9.17, 15) is 0 Å². The van der Waals surface area contributed by atoms with Gasteiger partial charge in [-0.05, 0) is 47.9 Å². The number of fused-ring (bicyclic) bond motifs is 1. The van der Waals surface area contributed by atoms with E-state index in [2.05, 4.69) is 19.1 Å². The second kappa shape index (κ2) is 4.21. The van der Waals surface area contributed by atoms with Crippen LogP contribution in [-0.2, 0) is 6.42 Å². The Labute approximate surface area is 111 Å². The van der Waals surface area contributed by atoms with Crippen LogP contribution in [0.2, 0.25) is 5.02 Å². The molecule has 0 aliphatic carbocycles. The molecule has 92 valence electrons. The van der Waals surface area contributed by atoms with Crippen molar-refractivity contribution in [2.24, 2.45) is 0 Å². The molecule has 1 atom stereocenters. The lowest BCUT2D eigenvalue weighted by atomic mass is 10.0. The summed E-state index contributed by atoms with van der Waals surface area (Å²) < 4.78 is 5.69. The molecule has 1 aliphatic rings. The molecule has 1 heterocycles. The first-order valence-corrected chi connectivity index (χ1v) is 6.36. The van der Waals surface area contributed by atoms with Crippen LogP contribution in [0.3, 0.4) is 0 Å². The summed E-state index contributed by atoms with van der Waals surface area (Å²) in [6.45, 7) is 2.08. The molecule has 2 N–H and O–H groups in total. The fourth-order valence-corrected chi connectivity index (χ4v) is 2.44. The van der Waals surface area contributed by atoms with Crippen molar-refractivity contribution in [2.45, 2.75) is 19.4 Å². The van der Waals surface area contributed by atoms with Crippen molar-refractivity contribution in [1.29, 1.82) is 0 Å². The van der Waals surface area contributed by atoms with Gasteiger partial charge in [-0.15, -0.1) is 0 Å². The Bertz CT molecular complexity index is 609. The van der Waals surface area contributed by atoms with Gasteiger partial charge in [0.05, 0.1) is 10.7 Å². The van der Waals surface area contributed by atoms with Crippen molar-refractivity contribution in [3.05, 3.63) is 47.0 Å². The van der Waals surface area contributed by atoms with Crippen molar-refractivity contribution in [3.63, 3.8) is 0 Å². The van der Waals surface area contributed by atoms with E-state index in [4.69, 9.17) is 22.1 Å². The van der Waals surface area contributed by atoms with Gasteiger partial charge in [-0.3, -0.25) is 0 Å². The fraction of sp³-hybridized carbons (Fsp3) is 0.200. The van der Waals surface area contributed by atoms with Gasteiger partial charge in [0, 0.05) is 6.42 Å². The molecule has 0 spiro atoms. The molecule has 0 saturated carbocycles. The van der Waals surface area contributed by atoms with Gasteiger partial charge in [0.25, 0.3) is 0 Å². The topological polar surface area (TPSA) is 35.2 Å². The van der Waals surface area contributed by atoms with E-state index in [1.54, 1.807) is 0 Å². The third-order valence-electron chi connectivity index (χ3n) is 3.23. The van der Waals surface area contributed by atoms with Crippen molar-refractivity contribution in [2.75, 3.05) is 5.73 Å². The Morgan fingerprint density at radius 3 is 2.67 bits per heavy atom. The molecule has 3 rings (SSSR count). The highest BCUT2D eigenvalue weighted by molar-refractivity contribution is 6.33. The lowest BCUT2D eigenvalue weighted by Crippen LogP contribution is -2.05. The maximum absolute atomic E-state index is 5.94. The number of rotatable bonds is 1. The smallest absolute Gasteiger partial charge is 0.123 e. The Kier molecular flexibility index (Phi) is 2.67. The third kappa shape index (κ3) is 1.93. The summed E-state index contributed by atoms with van der Waals surface area (Å²) in [5.41, 5.74) is 9.94. The fourth-order valence-electron chi connectivity index (χ4n) is 2.32. The minimum absolute atomic E-state index is 0.269. The maximum Gasteiger partial charge on any atom is 0.123 e. The molecule has 1 aliphatic heterocycles. The van der Waals surface area contributed by atoms with E-state index < -0.39 is 0 Å². The summed E-state index contributed by atoms with van der Waals surface area (Å²) >= 11 is 5.94. The monoisotopic (exact) mass is 259 g/mol. The largest absolute Gasteiger partial charge is 0.490 e. The van der Waals surface area contributed by atoms with Crippen LogP contribution in [0, 0.1) is 0 Å². The Morgan fingerprint density at radius 2 is 1.89 bits per heavy atom. The second-order valence-corrected chi connectivity index (χ2v) is 5.10. The van der Waals surface area contributed by atoms with Crippen LogP contribution in [0.25, 0.3) is 11.1 Å². The van der Waals surface area contributed by atoms with E-state index in [0.29, 0.717) is 10.7 Å². The van der Waals surface area contributed by atoms with Crippen LogP contribution in [-0.4, -0.2) is 6.10 Å². The number of halogens is 1. The van der Waals surface area contributed by atoms with Gasteiger partial charge >= 0.3 is 0 Å². The van der Waals surface area contributed by atoms with Gasteiger partial charge in [-0.2, -0.15) is 0 Å². The number of nitrogen functional groups attached to an aromatic ring is 1. The number of hydrogen-bond donors (Lipinski definition) is 1. The van der Waals surface area contributed by atoms with Crippen molar-refractivity contribution in [1.82, 2.24) is 0 Å². The standard InChI is InChI=1S/C15H14ClNO/c1-9-6-12-7-10(3-5-15(12)18-9)11-2-4-13(16)14(17)8-11/h2-5,7-9H,6,17H2,1H3. The van der Waals surface area contributed by atoms with E-state index in [-0.39, 0.29) is 6.10 Å². The number of anilines is 1. The van der Waals surface area contributed by atoms with Crippen LogP contribution in [0.4, 0.5) is 5.69 Å². The summed E-state index contributed by atoms with van der Waals surface area (Å²) in [6.07, 6.45) is 1.23. The molecule has 18 heavy (non-hydrogen) atoms. The molecular formula is C15H14ClNO. The summed E-state index contributed by atoms with van der Waals surface area (Å²) in [5, 5.41) is 0.594. The van der Waals surface area contributed by atoms with Crippen LogP contribution in [0.1, 0.15) is 12.5 Å². The molecule has 0 saturated heterocycles. The SMILES string of the molecule is CC1Cc2cc(-c3ccc(Cl)c(N)c3)ccc2O1. The van der Waals surface area contributed by atoms with Gasteiger partial charge in [-0.1, -0.05) is 23.7 Å². The number of benzene rings is 2. The molecule has 0 aromatic heterocycles. The number of nitrogens with two attached hydrogens (primary N) is 1. The molecule has 0 fully saturated rings. The number of hydrogen-bond acceptors (Lipinski definition) is 2. The Morgan fingerprint density at radius 1 is 1.17 bits per heavy atom. The van der Waals surface area contributed by atoms with Gasteiger partial charge in [0.15, 0.2) is 0 Å². The van der Waals surface area contributed by atoms with Gasteiger partial charge in [0.1, 0.15) is 11.9 Å². The highest BCUT2D eigenvalue weighted by Gasteiger charge is 2.19. The lowest BCUT2D eigenvalue weighted by Gasteiger charge is -2.06. The predicted molar refractivity (Wildman–Crippen MR) is 75.1 cm³/mol. The molecule has 0 radical (unpaired) electrons. The van der Waals surface area contributed by atoms with Gasteiger partial charge in [0.2, 0.25) is 0 Å². The first kappa shape index (κ1) is 11.4. The zero-order chi connectivity index (χ0) is 12.7. The summed E-state index contributed by atoms with van der Waals surface area (Å²) in [4.78, 5) is 0. The molecule has 1 unspecified atom stereocenters. The van der Waals surface area contributed by atoms with Gasteiger partial charge < -0.3 is 10.5 Å². The summed E-state index contributed by atoms with van der Waals surface area (Å²) in [6, 6.07) is 12.0. The van der Waals surface area contributed by atoms with E-state index in [1.807, 2.05) is 24.3 Å². The van der Waals surface area contributed by atoms with Crippen molar-refractivity contribution >= 4 is 17.3 Å². The molecule has 2 nitrogen and oxygen atoms in total. The summed E-state index contributed by atoms with van der Waals surface area (Å²) in [5.74, 6) is 0.994. The molecular weight excluding hydrogens is 246 g/mol. The molecule has 0 bridgehead atoms.